The van der Waals surface area contributed by atoms with Gasteiger partial charge in [0.15, 0.2) is 5.65 Å². The van der Waals surface area contributed by atoms with E-state index in [0.29, 0.717) is 30.0 Å². The summed E-state index contributed by atoms with van der Waals surface area (Å²) in [6.45, 7) is 6.26. The van der Waals surface area contributed by atoms with Gasteiger partial charge in [0.1, 0.15) is 0 Å². The van der Waals surface area contributed by atoms with E-state index in [1.54, 1.807) is 43.8 Å². The van der Waals surface area contributed by atoms with Crippen LogP contribution in [0.25, 0.3) is 11.0 Å². The Morgan fingerprint density at radius 2 is 1.82 bits per heavy atom. The highest BCUT2D eigenvalue weighted by Crippen LogP contribution is 2.20. The standard InChI is InChI=1S/C19H23N5O3S/c1-5-24(6-2)28(26,27)16-9-7-15(8-10-16)21-19(25)14-11-17-13(3)22-23(4)18(17)20-12-14/h7-12H,5-6H2,1-4H3,(H,21,25). The third-order valence-electron chi connectivity index (χ3n) is 4.58. The van der Waals surface area contributed by atoms with Gasteiger partial charge in [0.2, 0.25) is 10.0 Å². The van der Waals surface area contributed by atoms with Gasteiger partial charge in [-0.3, -0.25) is 9.48 Å². The highest BCUT2D eigenvalue weighted by molar-refractivity contribution is 7.89. The van der Waals surface area contributed by atoms with Crippen molar-refractivity contribution in [2.45, 2.75) is 25.7 Å². The molecule has 28 heavy (non-hydrogen) atoms. The van der Waals surface area contributed by atoms with Crippen molar-refractivity contribution in [1.29, 1.82) is 0 Å². The van der Waals surface area contributed by atoms with Crippen LogP contribution in [0.2, 0.25) is 0 Å². The summed E-state index contributed by atoms with van der Waals surface area (Å²) in [5.41, 5.74) is 2.42. The minimum atomic E-state index is -3.52. The molecule has 0 unspecified atom stereocenters. The van der Waals surface area contributed by atoms with E-state index < -0.39 is 10.0 Å². The van der Waals surface area contributed by atoms with Gasteiger partial charge in [-0.25, -0.2) is 13.4 Å². The van der Waals surface area contributed by atoms with E-state index in [-0.39, 0.29) is 10.8 Å². The molecule has 3 rings (SSSR count). The van der Waals surface area contributed by atoms with E-state index in [2.05, 4.69) is 15.4 Å². The van der Waals surface area contributed by atoms with E-state index in [1.165, 1.54) is 22.6 Å². The van der Waals surface area contributed by atoms with Crippen LogP contribution in [0.15, 0.2) is 41.4 Å². The van der Waals surface area contributed by atoms with Crippen LogP contribution in [0.1, 0.15) is 29.9 Å². The highest BCUT2D eigenvalue weighted by atomic mass is 32.2. The van der Waals surface area contributed by atoms with Crippen molar-refractivity contribution in [1.82, 2.24) is 19.1 Å². The molecular weight excluding hydrogens is 378 g/mol. The zero-order valence-corrected chi connectivity index (χ0v) is 17.1. The van der Waals surface area contributed by atoms with Crippen LogP contribution in [0.4, 0.5) is 5.69 Å². The number of amides is 1. The number of carbonyl (C=O) groups is 1. The van der Waals surface area contributed by atoms with Crippen LogP contribution in [0, 0.1) is 6.92 Å². The number of benzene rings is 1. The zero-order chi connectivity index (χ0) is 20.5. The first-order chi connectivity index (χ1) is 13.3. The molecule has 0 saturated carbocycles. The van der Waals surface area contributed by atoms with Gasteiger partial charge in [0.25, 0.3) is 5.91 Å². The second kappa shape index (κ2) is 7.69. The Morgan fingerprint density at radius 1 is 1.18 bits per heavy atom. The molecule has 0 atom stereocenters. The first-order valence-electron chi connectivity index (χ1n) is 8.98. The summed E-state index contributed by atoms with van der Waals surface area (Å²) in [5.74, 6) is -0.322. The molecule has 9 heteroatoms. The molecule has 0 bridgehead atoms. The lowest BCUT2D eigenvalue weighted by Gasteiger charge is -2.18. The van der Waals surface area contributed by atoms with Gasteiger partial charge in [-0.15, -0.1) is 0 Å². The van der Waals surface area contributed by atoms with E-state index in [0.717, 1.165) is 11.1 Å². The molecule has 148 valence electrons. The van der Waals surface area contributed by atoms with Gasteiger partial charge in [-0.05, 0) is 37.3 Å². The van der Waals surface area contributed by atoms with Gasteiger partial charge in [0, 0.05) is 37.4 Å². The molecule has 0 aliphatic heterocycles. The lowest BCUT2D eigenvalue weighted by atomic mass is 10.2. The monoisotopic (exact) mass is 401 g/mol. The van der Waals surface area contributed by atoms with Crippen LogP contribution < -0.4 is 5.32 Å². The van der Waals surface area contributed by atoms with Crippen molar-refractivity contribution in [2.24, 2.45) is 7.05 Å². The molecule has 2 aromatic heterocycles. The van der Waals surface area contributed by atoms with Crippen LogP contribution in [-0.2, 0) is 17.1 Å². The minimum absolute atomic E-state index is 0.197. The van der Waals surface area contributed by atoms with Crippen LogP contribution >= 0.6 is 0 Å². The van der Waals surface area contributed by atoms with Gasteiger partial charge < -0.3 is 5.32 Å². The third-order valence-corrected chi connectivity index (χ3v) is 6.64. The molecule has 1 aromatic carbocycles. The van der Waals surface area contributed by atoms with Crippen molar-refractivity contribution < 1.29 is 13.2 Å². The summed E-state index contributed by atoms with van der Waals surface area (Å²) in [5, 5.41) is 7.88. The maximum atomic E-state index is 12.6. The number of hydrogen-bond donors (Lipinski definition) is 1. The molecule has 3 aromatic rings. The number of aryl methyl sites for hydroxylation is 2. The normalized spacial score (nSPS) is 11.9. The first-order valence-corrected chi connectivity index (χ1v) is 10.4. The summed E-state index contributed by atoms with van der Waals surface area (Å²) in [7, 11) is -1.72. The molecule has 8 nitrogen and oxygen atoms in total. The molecular formula is C19H23N5O3S. The number of rotatable bonds is 6. The second-order valence-corrected chi connectivity index (χ2v) is 8.31. The van der Waals surface area contributed by atoms with Crippen molar-refractivity contribution in [3.63, 3.8) is 0 Å². The van der Waals surface area contributed by atoms with E-state index >= 15 is 0 Å². The Labute approximate surface area is 164 Å². The predicted octanol–water partition coefficient (Wildman–Crippen LogP) is 2.56. The van der Waals surface area contributed by atoms with Crippen LogP contribution in [0.3, 0.4) is 0 Å². The zero-order valence-electron chi connectivity index (χ0n) is 16.3. The predicted molar refractivity (Wildman–Crippen MR) is 108 cm³/mol. The summed E-state index contributed by atoms with van der Waals surface area (Å²) >= 11 is 0. The summed E-state index contributed by atoms with van der Waals surface area (Å²) < 4.78 is 28.1. The van der Waals surface area contributed by atoms with Crippen molar-refractivity contribution in [2.75, 3.05) is 18.4 Å². The van der Waals surface area contributed by atoms with Crippen LogP contribution in [-0.4, -0.2) is 46.5 Å². The molecule has 0 fully saturated rings. The average molecular weight is 401 g/mol. The molecule has 2 heterocycles. The van der Waals surface area contributed by atoms with E-state index in [1.807, 2.05) is 6.92 Å². The smallest absolute Gasteiger partial charge is 0.257 e. The topological polar surface area (TPSA) is 97.2 Å². The van der Waals surface area contributed by atoms with E-state index in [9.17, 15) is 13.2 Å². The number of nitrogens with zero attached hydrogens (tertiary/aromatic N) is 4. The second-order valence-electron chi connectivity index (χ2n) is 6.37. The number of aromatic nitrogens is 3. The van der Waals surface area contributed by atoms with Crippen molar-refractivity contribution in [3.05, 3.63) is 47.8 Å². The maximum Gasteiger partial charge on any atom is 0.257 e. The van der Waals surface area contributed by atoms with Gasteiger partial charge in [-0.1, -0.05) is 13.8 Å². The molecule has 0 aliphatic rings. The maximum absolute atomic E-state index is 12.6. The quantitative estimate of drug-likeness (QED) is 0.685. The largest absolute Gasteiger partial charge is 0.322 e. The van der Waals surface area contributed by atoms with Crippen molar-refractivity contribution in [3.8, 4) is 0 Å². The van der Waals surface area contributed by atoms with Gasteiger partial charge >= 0.3 is 0 Å². The minimum Gasteiger partial charge on any atom is -0.322 e. The number of nitrogens with one attached hydrogen (secondary N) is 1. The first kappa shape index (κ1) is 20.0. The van der Waals surface area contributed by atoms with E-state index in [4.69, 9.17) is 0 Å². The molecule has 0 saturated heterocycles. The molecule has 0 radical (unpaired) electrons. The fourth-order valence-corrected chi connectivity index (χ4v) is 4.52. The number of hydrogen-bond acceptors (Lipinski definition) is 5. The Hall–Kier alpha value is -2.78. The fourth-order valence-electron chi connectivity index (χ4n) is 3.06. The Bertz CT molecular complexity index is 1120. The Balaban J connectivity index is 1.81. The SMILES string of the molecule is CCN(CC)S(=O)(=O)c1ccc(NC(=O)c2cnc3c(c2)c(C)nn3C)cc1. The lowest BCUT2D eigenvalue weighted by molar-refractivity contribution is 0.102. The number of sulfonamides is 1. The number of pyridine rings is 1. The number of carbonyl (C=O) groups excluding carboxylic acids is 1. The van der Waals surface area contributed by atoms with Gasteiger partial charge in [-0.2, -0.15) is 9.40 Å². The molecule has 1 amide bonds. The Kier molecular flexibility index (Phi) is 5.48. The Morgan fingerprint density at radius 3 is 2.43 bits per heavy atom. The third kappa shape index (κ3) is 3.63. The summed E-state index contributed by atoms with van der Waals surface area (Å²) in [6.07, 6.45) is 1.50. The molecule has 0 spiro atoms. The lowest BCUT2D eigenvalue weighted by Crippen LogP contribution is -2.30. The molecule has 0 aliphatic carbocycles. The van der Waals surface area contributed by atoms with Crippen molar-refractivity contribution >= 4 is 32.7 Å². The number of fused-ring (bicyclic) bond motifs is 1. The molecule has 1 N–H and O–H groups in total. The fraction of sp³-hybridized carbons (Fsp3) is 0.316. The average Bonchev–Trinajstić information content (AvgIpc) is 2.96. The van der Waals surface area contributed by atoms with Crippen LogP contribution in [0.5, 0.6) is 0 Å². The summed E-state index contributed by atoms with van der Waals surface area (Å²) in [4.78, 5) is 17.1. The summed E-state index contributed by atoms with van der Waals surface area (Å²) in [6, 6.07) is 7.90. The van der Waals surface area contributed by atoms with Gasteiger partial charge in [0.05, 0.1) is 16.2 Å². The highest BCUT2D eigenvalue weighted by Gasteiger charge is 2.21. The number of anilines is 1.